The van der Waals surface area contributed by atoms with E-state index in [9.17, 15) is 26.7 Å². The van der Waals surface area contributed by atoms with E-state index in [1.165, 1.54) is 13.8 Å². The molecule has 0 aliphatic carbocycles. The molecular weight excluding hydrogens is 432 g/mol. The maximum absolute atomic E-state index is 13.8. The second-order valence-electron chi connectivity index (χ2n) is 5.68. The van der Waals surface area contributed by atoms with Crippen LogP contribution < -0.4 is 3.53 Å². The average Bonchev–Trinajstić information content (AvgIpc) is 3.04. The van der Waals surface area contributed by atoms with Gasteiger partial charge in [0.25, 0.3) is 0 Å². The molecule has 11 heteroatoms. The second kappa shape index (κ2) is 5.11. The number of halogens is 6. The van der Waals surface area contributed by atoms with Crippen LogP contribution in [0.4, 0.5) is 22.0 Å². The van der Waals surface area contributed by atoms with Crippen molar-refractivity contribution in [2.75, 3.05) is 11.5 Å². The van der Waals surface area contributed by atoms with Gasteiger partial charge in [0.15, 0.2) is 0 Å². The first kappa shape index (κ1) is 18.1. The molecule has 0 aromatic carbocycles. The number of ether oxygens (including phenoxy) is 2. The van der Waals surface area contributed by atoms with Crippen molar-refractivity contribution in [1.29, 1.82) is 0 Å². The monoisotopic (exact) mass is 447 g/mol. The van der Waals surface area contributed by atoms with Crippen LogP contribution in [0.3, 0.4) is 0 Å². The zero-order valence-corrected chi connectivity index (χ0v) is 14.0. The van der Waals surface area contributed by atoms with E-state index in [1.807, 2.05) is 4.93 Å². The molecule has 0 saturated carbocycles. The molecule has 2 saturated heterocycles. The van der Waals surface area contributed by atoms with E-state index in [1.54, 1.807) is 0 Å². The molecule has 2 aliphatic rings. The number of hydrogen-bond donors (Lipinski definition) is 2. The fourth-order valence-corrected chi connectivity index (χ4v) is 7.73. The number of rotatable bonds is 3. The van der Waals surface area contributed by atoms with Crippen LogP contribution in [-0.4, -0.2) is 50.7 Å². The fourth-order valence-electron chi connectivity index (χ4n) is 2.05. The molecule has 0 radical (unpaired) electrons. The van der Waals surface area contributed by atoms with Gasteiger partial charge in [0.1, 0.15) is 0 Å². The third-order valence-corrected chi connectivity index (χ3v) is 8.31. The summed E-state index contributed by atoms with van der Waals surface area (Å²) >= 11 is -1.48. The van der Waals surface area contributed by atoms with Crippen molar-refractivity contribution in [3.05, 3.63) is 0 Å². The zero-order valence-electron chi connectivity index (χ0n) is 11.8. The molecule has 0 amide bonds. The number of carbonyl (C=O) groups excluding carboxylic acids is 1. The summed E-state index contributed by atoms with van der Waals surface area (Å²) in [5, 5.41) is 9.11. The summed E-state index contributed by atoms with van der Waals surface area (Å²) in [6.45, 7) is 1.70. The molecule has 0 aromatic heterocycles. The molecule has 2 heterocycles. The van der Waals surface area contributed by atoms with Crippen LogP contribution in [0.5, 0.6) is 0 Å². The van der Waals surface area contributed by atoms with E-state index in [0.29, 0.717) is 0 Å². The number of aliphatic hydroxyl groups is 1. The normalized spacial score (nSPS) is 36.3. The Kier molecular flexibility index (Phi) is 4.20. The third kappa shape index (κ3) is 2.59. The Morgan fingerprint density at radius 3 is 2.27 bits per heavy atom. The minimum absolute atomic E-state index is 0.165. The molecule has 130 valence electrons. The molecule has 0 aromatic rings. The Hall–Kier alpha value is -0.270. The number of carbonyl (C=O) groups is 1. The predicted molar refractivity (Wildman–Crippen MR) is 72.4 cm³/mol. The second-order valence-corrected chi connectivity index (χ2v) is 10.5. The van der Waals surface area contributed by atoms with Gasteiger partial charge in [-0.15, -0.1) is 0 Å². The van der Waals surface area contributed by atoms with E-state index in [2.05, 4.69) is 13.0 Å². The summed E-state index contributed by atoms with van der Waals surface area (Å²) in [5.74, 6) is -10.5. The summed E-state index contributed by atoms with van der Waals surface area (Å²) < 4.78 is 76.6. The van der Waals surface area contributed by atoms with Crippen LogP contribution in [-0.2, 0) is 14.3 Å². The van der Waals surface area contributed by atoms with Crippen LogP contribution in [0.25, 0.3) is 0 Å². The molecule has 3 atom stereocenters. The third-order valence-electron chi connectivity index (χ3n) is 3.64. The average molecular weight is 447 g/mol. The number of hydrogen-bond acceptors (Lipinski definition) is 5. The molecule has 2 N–H and O–H groups in total. The van der Waals surface area contributed by atoms with Crippen LogP contribution in [0.15, 0.2) is 0 Å². The SMILES string of the molecule is CI1NC1C(C)(C)C(=O)OC1COC(O)(C(F)(F)F)C1(F)F. The van der Waals surface area contributed by atoms with Gasteiger partial charge in [-0.2, -0.15) is 0 Å². The van der Waals surface area contributed by atoms with Gasteiger partial charge >= 0.3 is 130 Å². The maximum atomic E-state index is 13.8. The summed E-state index contributed by atoms with van der Waals surface area (Å²) in [6.07, 6.45) is -8.21. The topological polar surface area (TPSA) is 77.7 Å². The Labute approximate surface area is 130 Å². The molecular formula is C11H15F5INO4. The Bertz CT molecular complexity index is 486. The standard InChI is InChI=1S/C11H15F5INO4/c1-8(2,6-17(3)18-6)7(19)22-5-4-21-10(20,9(5,12)13)11(14,15)16/h5-6,18,20H,4H2,1-3H3. The summed E-state index contributed by atoms with van der Waals surface area (Å²) in [5.41, 5.74) is -1.13. The van der Waals surface area contributed by atoms with E-state index in [-0.39, 0.29) is 4.05 Å². The van der Waals surface area contributed by atoms with Crippen molar-refractivity contribution in [3.8, 4) is 0 Å². The van der Waals surface area contributed by atoms with Crippen LogP contribution >= 0.6 is 20.1 Å². The molecule has 3 unspecified atom stereocenters. The fraction of sp³-hybridized carbons (Fsp3) is 0.909. The zero-order chi connectivity index (χ0) is 17.1. The van der Waals surface area contributed by atoms with Gasteiger partial charge in [-0.1, -0.05) is 0 Å². The van der Waals surface area contributed by atoms with E-state index in [0.717, 1.165) is 0 Å². The summed E-state index contributed by atoms with van der Waals surface area (Å²) in [6, 6.07) is 0. The molecule has 5 nitrogen and oxygen atoms in total. The summed E-state index contributed by atoms with van der Waals surface area (Å²) in [4.78, 5) is 13.9. The molecule has 2 rings (SSSR count). The van der Waals surface area contributed by atoms with E-state index >= 15 is 0 Å². The molecule has 2 fully saturated rings. The van der Waals surface area contributed by atoms with E-state index < -0.39 is 62.1 Å². The molecule has 0 spiro atoms. The molecule has 22 heavy (non-hydrogen) atoms. The van der Waals surface area contributed by atoms with Crippen LogP contribution in [0.1, 0.15) is 13.8 Å². The first-order chi connectivity index (χ1) is 9.75. The molecule has 0 bridgehead atoms. The van der Waals surface area contributed by atoms with Crippen LogP contribution in [0.2, 0.25) is 0 Å². The predicted octanol–water partition coefficient (Wildman–Crippen LogP) is 1.82. The van der Waals surface area contributed by atoms with Gasteiger partial charge in [0, 0.05) is 0 Å². The Morgan fingerprint density at radius 2 is 1.91 bits per heavy atom. The minimum atomic E-state index is -5.71. The van der Waals surface area contributed by atoms with Crippen molar-refractivity contribution >= 4 is 26.1 Å². The van der Waals surface area contributed by atoms with Gasteiger partial charge in [0.2, 0.25) is 0 Å². The van der Waals surface area contributed by atoms with Gasteiger partial charge < -0.3 is 0 Å². The van der Waals surface area contributed by atoms with Gasteiger partial charge in [-0.3, -0.25) is 0 Å². The Morgan fingerprint density at radius 1 is 1.41 bits per heavy atom. The number of alkyl halides is 7. The van der Waals surface area contributed by atoms with Gasteiger partial charge in [0.05, 0.1) is 0 Å². The van der Waals surface area contributed by atoms with Crippen molar-refractivity contribution in [2.45, 2.75) is 41.9 Å². The first-order valence-corrected chi connectivity index (χ1v) is 10.6. The quantitative estimate of drug-likeness (QED) is 0.131. The first-order valence-electron chi connectivity index (χ1n) is 6.11. The Balaban J connectivity index is 2.13. The van der Waals surface area contributed by atoms with Crippen molar-refractivity contribution < 1.29 is 41.3 Å². The number of esters is 1. The van der Waals surface area contributed by atoms with Crippen molar-refractivity contribution in [2.24, 2.45) is 5.41 Å². The van der Waals surface area contributed by atoms with Crippen molar-refractivity contribution in [1.82, 2.24) is 3.53 Å². The number of nitrogens with one attached hydrogen (secondary N) is 1. The van der Waals surface area contributed by atoms with E-state index in [4.69, 9.17) is 5.11 Å². The van der Waals surface area contributed by atoms with Gasteiger partial charge in [-0.25, -0.2) is 0 Å². The molecule has 2 aliphatic heterocycles. The summed E-state index contributed by atoms with van der Waals surface area (Å²) in [7, 11) is 0. The van der Waals surface area contributed by atoms with Gasteiger partial charge in [-0.05, 0) is 0 Å². The van der Waals surface area contributed by atoms with Crippen molar-refractivity contribution in [3.63, 3.8) is 0 Å². The van der Waals surface area contributed by atoms with Crippen LogP contribution in [0, 0.1) is 5.41 Å².